The summed E-state index contributed by atoms with van der Waals surface area (Å²) in [5.74, 6) is 0. The van der Waals surface area contributed by atoms with Gasteiger partial charge in [-0.1, -0.05) is 36.4 Å². The lowest BCUT2D eigenvalue weighted by molar-refractivity contribution is -0.0188. The molecule has 2 N–H and O–H groups in total. The first-order chi connectivity index (χ1) is 12.9. The Morgan fingerprint density at radius 2 is 2.00 bits per heavy atom. The van der Waals surface area contributed by atoms with Gasteiger partial charge in [0.1, 0.15) is 0 Å². The molecule has 2 saturated heterocycles. The van der Waals surface area contributed by atoms with Crippen LogP contribution in [0.1, 0.15) is 37.7 Å². The van der Waals surface area contributed by atoms with Crippen LogP contribution in [0.2, 0.25) is 0 Å². The predicted octanol–water partition coefficient (Wildman–Crippen LogP) is 3.80. The van der Waals surface area contributed by atoms with Crippen molar-refractivity contribution in [1.29, 1.82) is 0 Å². The Morgan fingerprint density at radius 3 is 3.00 bits per heavy atom. The number of anilines is 1. The van der Waals surface area contributed by atoms with Gasteiger partial charge in [-0.3, -0.25) is 5.32 Å². The number of nitrogens with one attached hydrogen (secondary N) is 2. The lowest BCUT2D eigenvalue weighted by Gasteiger charge is -2.30. The molecule has 3 heterocycles. The summed E-state index contributed by atoms with van der Waals surface area (Å²) in [6, 6.07) is 9.24. The number of fused-ring (bicyclic) bond motifs is 5. The Balaban J connectivity index is 1.39. The van der Waals surface area contributed by atoms with Crippen LogP contribution >= 0.6 is 0 Å². The topological polar surface area (TPSA) is 45.8 Å². The van der Waals surface area contributed by atoms with Crippen molar-refractivity contribution in [3.63, 3.8) is 0 Å². The Kier molecular flexibility index (Phi) is 6.05. The highest BCUT2D eigenvalue weighted by atomic mass is 16.6. The third-order valence-corrected chi connectivity index (χ3v) is 5.50. The summed E-state index contributed by atoms with van der Waals surface area (Å²) in [5.41, 5.74) is 2.56. The smallest absolute Gasteiger partial charge is 0.0971 e. The van der Waals surface area contributed by atoms with Gasteiger partial charge in [-0.25, -0.2) is 0 Å². The molecule has 4 nitrogen and oxygen atoms in total. The lowest BCUT2D eigenvalue weighted by Crippen LogP contribution is -2.42. The van der Waals surface area contributed by atoms with Crippen molar-refractivity contribution in [1.82, 2.24) is 5.32 Å². The van der Waals surface area contributed by atoms with Gasteiger partial charge in [0.25, 0.3) is 0 Å². The summed E-state index contributed by atoms with van der Waals surface area (Å²) in [5, 5.41) is 7.01. The number of ether oxygens (including phenoxy) is 2. The third-order valence-electron chi connectivity index (χ3n) is 5.50. The van der Waals surface area contributed by atoms with E-state index >= 15 is 0 Å². The summed E-state index contributed by atoms with van der Waals surface area (Å²) in [6.45, 7) is 1.66. The lowest BCUT2D eigenvalue weighted by atomic mass is 9.99. The number of hydrogen-bond donors (Lipinski definition) is 2. The molecule has 0 aliphatic carbocycles. The Hall–Kier alpha value is -1.62. The van der Waals surface area contributed by atoms with Gasteiger partial charge >= 0.3 is 0 Å². The molecule has 4 unspecified atom stereocenters. The van der Waals surface area contributed by atoms with E-state index in [1.807, 2.05) is 0 Å². The molecule has 0 aromatic heterocycles. The minimum atomic E-state index is 0.335. The second kappa shape index (κ2) is 8.85. The monoisotopic (exact) mass is 354 g/mol. The standard InChI is InChI=1S/C22H30N2O2/c1-2-4-9-19-14-20(25-16-24-19)15-22-21(26-22)11-6-12-23-18-10-5-8-17(13-18)7-3-1/h1-5,8,10,13,19-24H,6-7,9,11-12,14-16H2. The van der Waals surface area contributed by atoms with Crippen molar-refractivity contribution in [3.05, 3.63) is 54.1 Å². The Labute approximate surface area is 156 Å². The molecule has 2 fully saturated rings. The van der Waals surface area contributed by atoms with Crippen LogP contribution in [0.25, 0.3) is 0 Å². The summed E-state index contributed by atoms with van der Waals surface area (Å²) < 4.78 is 11.8. The maximum atomic E-state index is 5.89. The summed E-state index contributed by atoms with van der Waals surface area (Å²) >= 11 is 0. The first-order valence-corrected chi connectivity index (χ1v) is 10.0. The van der Waals surface area contributed by atoms with Crippen LogP contribution in [0.3, 0.4) is 0 Å². The molecular weight excluding hydrogens is 324 g/mol. The molecule has 0 spiro atoms. The normalized spacial score (nSPS) is 32.5. The van der Waals surface area contributed by atoms with E-state index in [-0.39, 0.29) is 0 Å². The Bertz CT molecular complexity index is 643. The SMILES string of the molecule is C1=CCc2cccc(c2)NCCCC2OC2CC2CC(CC=C1)NCO2. The van der Waals surface area contributed by atoms with Crippen LogP contribution in [-0.2, 0) is 15.9 Å². The highest BCUT2D eigenvalue weighted by molar-refractivity contribution is 5.46. The van der Waals surface area contributed by atoms with Crippen molar-refractivity contribution in [2.24, 2.45) is 0 Å². The van der Waals surface area contributed by atoms with Crippen LogP contribution in [0.15, 0.2) is 48.6 Å². The molecule has 140 valence electrons. The van der Waals surface area contributed by atoms with Gasteiger partial charge in [0.2, 0.25) is 0 Å². The van der Waals surface area contributed by atoms with Crippen LogP contribution in [-0.4, -0.2) is 37.6 Å². The van der Waals surface area contributed by atoms with Gasteiger partial charge in [-0.05, 0) is 49.8 Å². The molecule has 3 aliphatic heterocycles. The molecule has 4 rings (SSSR count). The fourth-order valence-corrected chi connectivity index (χ4v) is 3.94. The zero-order valence-electron chi connectivity index (χ0n) is 15.4. The number of allylic oxidation sites excluding steroid dienone is 3. The van der Waals surface area contributed by atoms with Crippen LogP contribution < -0.4 is 10.6 Å². The zero-order valence-corrected chi connectivity index (χ0v) is 15.4. The third kappa shape index (κ3) is 5.19. The van der Waals surface area contributed by atoms with Crippen molar-refractivity contribution in [3.8, 4) is 0 Å². The van der Waals surface area contributed by atoms with E-state index in [4.69, 9.17) is 9.47 Å². The highest BCUT2D eigenvalue weighted by Gasteiger charge is 2.40. The van der Waals surface area contributed by atoms with E-state index in [0.717, 1.165) is 45.1 Å². The average Bonchev–Trinajstić information content (AvgIpc) is 3.39. The van der Waals surface area contributed by atoms with E-state index in [2.05, 4.69) is 59.2 Å². The molecule has 1 aromatic carbocycles. The van der Waals surface area contributed by atoms with E-state index in [1.54, 1.807) is 0 Å². The van der Waals surface area contributed by atoms with Crippen LogP contribution in [0.5, 0.6) is 0 Å². The zero-order chi connectivity index (χ0) is 17.6. The van der Waals surface area contributed by atoms with Crippen molar-refractivity contribution >= 4 is 5.69 Å². The molecule has 4 heteroatoms. The molecule has 0 radical (unpaired) electrons. The molecule has 4 atom stereocenters. The van der Waals surface area contributed by atoms with Crippen LogP contribution in [0, 0.1) is 0 Å². The van der Waals surface area contributed by atoms with E-state index < -0.39 is 0 Å². The average molecular weight is 354 g/mol. The minimum absolute atomic E-state index is 0.335. The molecular formula is C22H30N2O2. The van der Waals surface area contributed by atoms with Gasteiger partial charge in [-0.15, -0.1) is 0 Å². The second-order valence-electron chi connectivity index (χ2n) is 7.58. The maximum absolute atomic E-state index is 5.89. The molecule has 3 aliphatic rings. The van der Waals surface area contributed by atoms with Gasteiger partial charge < -0.3 is 14.8 Å². The van der Waals surface area contributed by atoms with Crippen LogP contribution in [0.4, 0.5) is 5.69 Å². The maximum Gasteiger partial charge on any atom is 0.0971 e. The minimum Gasteiger partial charge on any atom is -0.385 e. The van der Waals surface area contributed by atoms with Gasteiger partial charge in [0.15, 0.2) is 0 Å². The second-order valence-corrected chi connectivity index (χ2v) is 7.58. The largest absolute Gasteiger partial charge is 0.385 e. The van der Waals surface area contributed by atoms with Gasteiger partial charge in [-0.2, -0.15) is 0 Å². The predicted molar refractivity (Wildman–Crippen MR) is 105 cm³/mol. The number of epoxide rings is 1. The number of hydrogen-bond acceptors (Lipinski definition) is 4. The quantitative estimate of drug-likeness (QED) is 0.696. The van der Waals surface area contributed by atoms with Crippen molar-refractivity contribution < 1.29 is 9.47 Å². The molecule has 0 saturated carbocycles. The first kappa shape index (κ1) is 17.8. The summed E-state index contributed by atoms with van der Waals surface area (Å²) in [6.07, 6.45) is 16.4. The summed E-state index contributed by atoms with van der Waals surface area (Å²) in [7, 11) is 0. The van der Waals surface area contributed by atoms with E-state index in [0.29, 0.717) is 31.1 Å². The highest BCUT2D eigenvalue weighted by Crippen LogP contribution is 2.32. The fourth-order valence-electron chi connectivity index (χ4n) is 3.94. The summed E-state index contributed by atoms with van der Waals surface area (Å²) in [4.78, 5) is 0. The molecule has 1 aromatic rings. The molecule has 26 heavy (non-hydrogen) atoms. The van der Waals surface area contributed by atoms with E-state index in [1.165, 1.54) is 11.3 Å². The molecule has 0 amide bonds. The fraction of sp³-hybridized carbons (Fsp3) is 0.545. The van der Waals surface area contributed by atoms with E-state index in [9.17, 15) is 0 Å². The number of benzene rings is 1. The van der Waals surface area contributed by atoms with Crippen molar-refractivity contribution in [2.45, 2.75) is 62.9 Å². The van der Waals surface area contributed by atoms with Gasteiger partial charge in [0, 0.05) is 24.7 Å². The Morgan fingerprint density at radius 1 is 1.04 bits per heavy atom. The van der Waals surface area contributed by atoms with Crippen molar-refractivity contribution in [2.75, 3.05) is 18.6 Å². The molecule has 4 bridgehead atoms. The number of rotatable bonds is 0. The first-order valence-electron chi connectivity index (χ1n) is 10.0. The van der Waals surface area contributed by atoms with Gasteiger partial charge in [0.05, 0.1) is 25.0 Å².